The molecule has 0 aliphatic heterocycles. The average molecular weight is 564 g/mol. The number of carbonyl (C=O) groups excluding carboxylic acids is 3. The molecule has 0 saturated carbocycles. The molecule has 40 heavy (non-hydrogen) atoms. The SMILES string of the molecule is CCC(C)C(N)C(=O)NC(Cc1ccccc1)C(=O)NC(CCC(=O)O)C(=O)NC(CCCN=C(N)N)C(=O)O. The fourth-order valence-corrected chi connectivity index (χ4v) is 3.68. The van der Waals surface area contributed by atoms with Gasteiger partial charge in [-0.1, -0.05) is 50.6 Å². The number of carboxylic acid groups (broad SMARTS) is 2. The Morgan fingerprint density at radius 3 is 2.00 bits per heavy atom. The molecule has 0 fully saturated rings. The number of hydrogen-bond donors (Lipinski definition) is 8. The van der Waals surface area contributed by atoms with Gasteiger partial charge in [-0.25, -0.2) is 4.79 Å². The van der Waals surface area contributed by atoms with Crippen molar-refractivity contribution in [3.8, 4) is 0 Å². The van der Waals surface area contributed by atoms with Crippen molar-refractivity contribution in [2.24, 2.45) is 28.1 Å². The topological polar surface area (TPSA) is 252 Å². The smallest absolute Gasteiger partial charge is 0.326 e. The lowest BCUT2D eigenvalue weighted by atomic mass is 9.98. The van der Waals surface area contributed by atoms with E-state index < -0.39 is 60.2 Å². The molecule has 0 heterocycles. The first-order valence-electron chi connectivity index (χ1n) is 13.1. The molecule has 14 nitrogen and oxygen atoms in total. The lowest BCUT2D eigenvalue weighted by molar-refractivity contribution is -0.143. The maximum atomic E-state index is 13.4. The van der Waals surface area contributed by atoms with Gasteiger partial charge in [-0.2, -0.15) is 0 Å². The summed E-state index contributed by atoms with van der Waals surface area (Å²) in [5.74, 6) is -5.04. The molecule has 0 aromatic heterocycles. The number of carbonyl (C=O) groups is 5. The zero-order chi connectivity index (χ0) is 30.2. The van der Waals surface area contributed by atoms with Gasteiger partial charge in [0.1, 0.15) is 18.1 Å². The molecular weight excluding hydrogens is 522 g/mol. The second-order valence-corrected chi connectivity index (χ2v) is 9.50. The van der Waals surface area contributed by atoms with E-state index >= 15 is 0 Å². The van der Waals surface area contributed by atoms with Gasteiger partial charge in [-0.05, 0) is 30.7 Å². The van der Waals surface area contributed by atoms with Crippen LogP contribution >= 0.6 is 0 Å². The van der Waals surface area contributed by atoms with Gasteiger partial charge in [0.25, 0.3) is 0 Å². The van der Waals surface area contributed by atoms with Gasteiger partial charge in [0.2, 0.25) is 17.7 Å². The molecular formula is C26H41N7O7. The van der Waals surface area contributed by atoms with E-state index in [4.69, 9.17) is 22.3 Å². The highest BCUT2D eigenvalue weighted by molar-refractivity contribution is 5.94. The highest BCUT2D eigenvalue weighted by Crippen LogP contribution is 2.09. The van der Waals surface area contributed by atoms with Crippen LogP contribution in [0.1, 0.15) is 51.5 Å². The summed E-state index contributed by atoms with van der Waals surface area (Å²) in [6, 6.07) is 4.10. The Morgan fingerprint density at radius 1 is 0.875 bits per heavy atom. The Balaban J connectivity index is 3.11. The highest BCUT2D eigenvalue weighted by Gasteiger charge is 2.31. The van der Waals surface area contributed by atoms with E-state index in [2.05, 4.69) is 20.9 Å². The number of benzene rings is 1. The van der Waals surface area contributed by atoms with Crippen LogP contribution in [0.5, 0.6) is 0 Å². The third-order valence-electron chi connectivity index (χ3n) is 6.32. The first-order chi connectivity index (χ1) is 18.8. The molecule has 0 aliphatic carbocycles. The normalized spacial score (nSPS) is 14.5. The van der Waals surface area contributed by atoms with Crippen molar-refractivity contribution < 1.29 is 34.2 Å². The number of aliphatic carboxylic acids is 2. The van der Waals surface area contributed by atoms with Gasteiger partial charge in [-0.3, -0.25) is 24.2 Å². The van der Waals surface area contributed by atoms with Gasteiger partial charge in [0, 0.05) is 19.4 Å². The molecule has 0 bridgehead atoms. The van der Waals surface area contributed by atoms with E-state index in [0.717, 1.165) is 5.56 Å². The summed E-state index contributed by atoms with van der Waals surface area (Å²) < 4.78 is 0. The van der Waals surface area contributed by atoms with Crippen LogP contribution in [-0.2, 0) is 30.4 Å². The zero-order valence-corrected chi connectivity index (χ0v) is 22.8. The number of nitrogens with one attached hydrogen (secondary N) is 3. The van der Waals surface area contributed by atoms with E-state index in [1.165, 1.54) is 0 Å². The summed E-state index contributed by atoms with van der Waals surface area (Å²) in [6.07, 6.45) is 0.140. The summed E-state index contributed by atoms with van der Waals surface area (Å²) in [6.45, 7) is 3.82. The van der Waals surface area contributed by atoms with Gasteiger partial charge in [0.05, 0.1) is 6.04 Å². The second kappa shape index (κ2) is 17.4. The molecule has 0 saturated heterocycles. The maximum absolute atomic E-state index is 13.4. The van der Waals surface area contributed by atoms with Crippen LogP contribution in [0.3, 0.4) is 0 Å². The number of hydrogen-bond acceptors (Lipinski definition) is 7. The first-order valence-corrected chi connectivity index (χ1v) is 13.1. The molecule has 0 spiro atoms. The molecule has 5 unspecified atom stereocenters. The van der Waals surface area contributed by atoms with Gasteiger partial charge in [-0.15, -0.1) is 0 Å². The number of guanidine groups is 1. The van der Waals surface area contributed by atoms with Crippen LogP contribution in [0.2, 0.25) is 0 Å². The standard InChI is InChI=1S/C26H41N7O7/c1-3-15(2)21(27)24(38)33-19(14-16-8-5-4-6-9-16)23(37)31-17(11-12-20(34)35)22(36)32-18(25(39)40)10-7-13-30-26(28)29/h4-6,8-9,15,17-19,21H,3,7,10-14,27H2,1-2H3,(H,31,37)(H,32,36)(H,33,38)(H,34,35)(H,39,40)(H4,28,29,30). The molecule has 222 valence electrons. The van der Waals surface area contributed by atoms with Crippen LogP contribution in [0.15, 0.2) is 35.3 Å². The zero-order valence-electron chi connectivity index (χ0n) is 22.8. The predicted octanol–water partition coefficient (Wildman–Crippen LogP) is -0.940. The van der Waals surface area contributed by atoms with E-state index in [9.17, 15) is 29.1 Å². The van der Waals surface area contributed by atoms with Gasteiger partial charge >= 0.3 is 11.9 Å². The quantitative estimate of drug-likeness (QED) is 0.0618. The molecule has 5 atom stereocenters. The predicted molar refractivity (Wildman–Crippen MR) is 148 cm³/mol. The molecule has 1 aromatic carbocycles. The molecule has 0 radical (unpaired) electrons. The van der Waals surface area contributed by atoms with Crippen molar-refractivity contribution in [2.75, 3.05) is 6.54 Å². The molecule has 1 rings (SSSR count). The summed E-state index contributed by atoms with van der Waals surface area (Å²) in [5, 5.41) is 26.2. The molecule has 14 heteroatoms. The van der Waals surface area contributed by atoms with Crippen LogP contribution in [0.25, 0.3) is 0 Å². The van der Waals surface area contributed by atoms with Crippen LogP contribution in [0.4, 0.5) is 0 Å². The van der Waals surface area contributed by atoms with Crippen molar-refractivity contribution in [3.63, 3.8) is 0 Å². The van der Waals surface area contributed by atoms with Crippen LogP contribution < -0.4 is 33.2 Å². The number of nitrogens with two attached hydrogens (primary N) is 3. The average Bonchev–Trinajstić information content (AvgIpc) is 2.91. The fourth-order valence-electron chi connectivity index (χ4n) is 3.68. The Bertz CT molecular complexity index is 1030. The third kappa shape index (κ3) is 12.6. The minimum atomic E-state index is -1.39. The Hall–Kier alpha value is -4.20. The van der Waals surface area contributed by atoms with E-state index in [1.54, 1.807) is 37.3 Å². The van der Waals surface area contributed by atoms with Crippen molar-refractivity contribution in [2.45, 2.75) is 76.5 Å². The van der Waals surface area contributed by atoms with Crippen molar-refractivity contribution in [3.05, 3.63) is 35.9 Å². The number of rotatable bonds is 18. The highest BCUT2D eigenvalue weighted by atomic mass is 16.4. The first kappa shape index (κ1) is 33.8. The monoisotopic (exact) mass is 563 g/mol. The van der Waals surface area contributed by atoms with E-state index in [-0.39, 0.29) is 44.1 Å². The molecule has 3 amide bonds. The van der Waals surface area contributed by atoms with Crippen LogP contribution in [-0.4, -0.2) is 76.5 Å². The van der Waals surface area contributed by atoms with Gasteiger partial charge in [0.15, 0.2) is 5.96 Å². The van der Waals surface area contributed by atoms with Crippen molar-refractivity contribution >= 4 is 35.6 Å². The third-order valence-corrected chi connectivity index (χ3v) is 6.32. The summed E-state index contributed by atoms with van der Waals surface area (Å²) >= 11 is 0. The summed E-state index contributed by atoms with van der Waals surface area (Å²) in [5.41, 5.74) is 17.3. The molecule has 11 N–H and O–H groups in total. The minimum Gasteiger partial charge on any atom is -0.481 e. The number of aliphatic imine (C=N–C) groups is 1. The second-order valence-electron chi connectivity index (χ2n) is 9.50. The maximum Gasteiger partial charge on any atom is 0.326 e. The van der Waals surface area contributed by atoms with Crippen molar-refractivity contribution in [1.29, 1.82) is 0 Å². The molecule has 0 aliphatic rings. The fraction of sp³-hybridized carbons (Fsp3) is 0.538. The number of carboxylic acids is 2. The van der Waals surface area contributed by atoms with Crippen LogP contribution in [0, 0.1) is 5.92 Å². The summed E-state index contributed by atoms with van der Waals surface area (Å²) in [7, 11) is 0. The lowest BCUT2D eigenvalue weighted by Gasteiger charge is -2.26. The van der Waals surface area contributed by atoms with Crippen molar-refractivity contribution in [1.82, 2.24) is 16.0 Å². The number of nitrogens with zero attached hydrogens (tertiary/aromatic N) is 1. The Morgan fingerprint density at radius 2 is 1.45 bits per heavy atom. The lowest BCUT2D eigenvalue weighted by Crippen LogP contribution is -2.58. The largest absolute Gasteiger partial charge is 0.481 e. The van der Waals surface area contributed by atoms with E-state index in [1.807, 2.05) is 6.92 Å². The minimum absolute atomic E-state index is 0.0162. The Labute approximate surface area is 233 Å². The van der Waals surface area contributed by atoms with E-state index in [0.29, 0.717) is 6.42 Å². The Kier molecular flexibility index (Phi) is 14.7. The molecule has 1 aromatic rings. The van der Waals surface area contributed by atoms with Gasteiger partial charge < -0.3 is 43.4 Å². The number of amides is 3. The summed E-state index contributed by atoms with van der Waals surface area (Å²) in [4.78, 5) is 65.9.